The quantitative estimate of drug-likeness (QED) is 0.665. The second kappa shape index (κ2) is 5.87. The van der Waals surface area contributed by atoms with E-state index in [-0.39, 0.29) is 11.6 Å². The maximum absolute atomic E-state index is 11.4. The first-order valence-electron chi connectivity index (χ1n) is 5.38. The molecular formula is C13H11IN2O3. The molecule has 0 amide bonds. The standard InChI is InChI=1S/C13H11IN2O3/c1-18-13(17)11-6-5-10(15)12(16-11)19-9-4-2-3-8(14)7-9/h2-7H,15H2,1H3. The van der Waals surface area contributed by atoms with Crippen LogP contribution in [0.5, 0.6) is 11.6 Å². The minimum Gasteiger partial charge on any atom is -0.464 e. The number of benzene rings is 1. The summed E-state index contributed by atoms with van der Waals surface area (Å²) in [6, 6.07) is 10.5. The highest BCUT2D eigenvalue weighted by atomic mass is 127. The molecule has 0 fully saturated rings. The van der Waals surface area contributed by atoms with E-state index in [0.717, 1.165) is 3.57 Å². The number of esters is 1. The van der Waals surface area contributed by atoms with Crippen molar-refractivity contribution in [1.82, 2.24) is 4.98 Å². The largest absolute Gasteiger partial charge is 0.464 e. The monoisotopic (exact) mass is 370 g/mol. The average Bonchev–Trinajstić information content (AvgIpc) is 2.40. The van der Waals surface area contributed by atoms with Crippen molar-refractivity contribution < 1.29 is 14.3 Å². The Labute approximate surface area is 123 Å². The summed E-state index contributed by atoms with van der Waals surface area (Å²) in [5.74, 6) is 0.255. The van der Waals surface area contributed by atoms with Gasteiger partial charge in [0.2, 0.25) is 5.88 Å². The number of nitrogens with two attached hydrogens (primary N) is 1. The summed E-state index contributed by atoms with van der Waals surface area (Å²) < 4.78 is 11.2. The minimum absolute atomic E-state index is 0.150. The Hall–Kier alpha value is -1.83. The lowest BCUT2D eigenvalue weighted by Crippen LogP contribution is -2.06. The van der Waals surface area contributed by atoms with Gasteiger partial charge >= 0.3 is 5.97 Å². The molecule has 0 radical (unpaired) electrons. The lowest BCUT2D eigenvalue weighted by molar-refractivity contribution is 0.0593. The SMILES string of the molecule is COC(=O)c1ccc(N)c(Oc2cccc(I)c2)n1. The number of anilines is 1. The van der Waals surface area contributed by atoms with Crippen LogP contribution in [0.2, 0.25) is 0 Å². The summed E-state index contributed by atoms with van der Waals surface area (Å²) in [6.07, 6.45) is 0. The van der Waals surface area contributed by atoms with Gasteiger partial charge in [-0.1, -0.05) is 6.07 Å². The molecule has 2 aromatic rings. The van der Waals surface area contributed by atoms with E-state index in [1.165, 1.54) is 13.2 Å². The average molecular weight is 370 g/mol. The van der Waals surface area contributed by atoms with Crippen LogP contribution in [0.3, 0.4) is 0 Å². The van der Waals surface area contributed by atoms with Gasteiger partial charge < -0.3 is 15.2 Å². The van der Waals surface area contributed by atoms with Crippen molar-refractivity contribution in [2.24, 2.45) is 0 Å². The Morgan fingerprint density at radius 3 is 2.79 bits per heavy atom. The van der Waals surface area contributed by atoms with Crippen LogP contribution >= 0.6 is 22.6 Å². The number of ether oxygens (including phenoxy) is 2. The Morgan fingerprint density at radius 1 is 1.32 bits per heavy atom. The first-order valence-corrected chi connectivity index (χ1v) is 6.46. The van der Waals surface area contributed by atoms with Gasteiger partial charge in [-0.2, -0.15) is 0 Å². The normalized spacial score (nSPS) is 10.0. The van der Waals surface area contributed by atoms with Crippen LogP contribution in [0.4, 0.5) is 5.69 Å². The van der Waals surface area contributed by atoms with Gasteiger partial charge in [-0.25, -0.2) is 9.78 Å². The first-order chi connectivity index (χ1) is 9.10. The van der Waals surface area contributed by atoms with Crippen molar-refractivity contribution in [3.63, 3.8) is 0 Å². The number of nitrogens with zero attached hydrogens (tertiary/aromatic N) is 1. The van der Waals surface area contributed by atoms with E-state index in [1.54, 1.807) is 12.1 Å². The number of aromatic nitrogens is 1. The number of nitrogen functional groups attached to an aromatic ring is 1. The predicted octanol–water partition coefficient (Wildman–Crippen LogP) is 2.85. The fourth-order valence-corrected chi connectivity index (χ4v) is 1.91. The van der Waals surface area contributed by atoms with Crippen molar-refractivity contribution in [3.8, 4) is 11.6 Å². The predicted molar refractivity (Wildman–Crippen MR) is 79.2 cm³/mol. The smallest absolute Gasteiger partial charge is 0.356 e. The van der Waals surface area contributed by atoms with E-state index in [9.17, 15) is 4.79 Å². The number of carbonyl (C=O) groups excluding carboxylic acids is 1. The van der Waals surface area contributed by atoms with Crippen LogP contribution in [0.1, 0.15) is 10.5 Å². The number of carbonyl (C=O) groups is 1. The van der Waals surface area contributed by atoms with Crippen LogP contribution in [-0.2, 0) is 4.74 Å². The summed E-state index contributed by atoms with van der Waals surface area (Å²) in [5, 5.41) is 0. The first kappa shape index (κ1) is 13.6. The van der Waals surface area contributed by atoms with Crippen LogP contribution in [-0.4, -0.2) is 18.1 Å². The van der Waals surface area contributed by atoms with Crippen molar-refractivity contribution in [3.05, 3.63) is 45.7 Å². The zero-order chi connectivity index (χ0) is 13.8. The molecule has 1 heterocycles. The second-order valence-corrected chi connectivity index (χ2v) is 4.89. The number of rotatable bonds is 3. The van der Waals surface area contributed by atoms with E-state index < -0.39 is 5.97 Å². The number of halogens is 1. The molecule has 0 saturated carbocycles. The highest BCUT2D eigenvalue weighted by Gasteiger charge is 2.12. The molecule has 0 spiro atoms. The number of pyridine rings is 1. The molecule has 2 N–H and O–H groups in total. The fourth-order valence-electron chi connectivity index (χ4n) is 1.39. The maximum Gasteiger partial charge on any atom is 0.356 e. The zero-order valence-electron chi connectivity index (χ0n) is 10.1. The van der Waals surface area contributed by atoms with Crippen molar-refractivity contribution in [2.75, 3.05) is 12.8 Å². The molecular weight excluding hydrogens is 359 g/mol. The fraction of sp³-hybridized carbons (Fsp3) is 0.0769. The molecule has 0 bridgehead atoms. The number of hydrogen-bond donors (Lipinski definition) is 1. The molecule has 98 valence electrons. The zero-order valence-corrected chi connectivity index (χ0v) is 12.2. The summed E-state index contributed by atoms with van der Waals surface area (Å²) in [5.41, 5.74) is 6.28. The summed E-state index contributed by atoms with van der Waals surface area (Å²) in [7, 11) is 1.29. The van der Waals surface area contributed by atoms with E-state index in [1.807, 2.05) is 18.2 Å². The second-order valence-electron chi connectivity index (χ2n) is 3.64. The third kappa shape index (κ3) is 3.34. The molecule has 6 heteroatoms. The van der Waals surface area contributed by atoms with Crippen LogP contribution in [0, 0.1) is 3.57 Å². The summed E-state index contributed by atoms with van der Waals surface area (Å²) >= 11 is 2.17. The summed E-state index contributed by atoms with van der Waals surface area (Å²) in [6.45, 7) is 0. The van der Waals surface area contributed by atoms with Crippen molar-refractivity contribution in [1.29, 1.82) is 0 Å². The van der Waals surface area contributed by atoms with Crippen LogP contribution in [0.25, 0.3) is 0 Å². The van der Waals surface area contributed by atoms with Gasteiger partial charge in [-0.3, -0.25) is 0 Å². The molecule has 0 saturated heterocycles. The van der Waals surface area contributed by atoms with Gasteiger partial charge in [-0.05, 0) is 52.9 Å². The van der Waals surface area contributed by atoms with Gasteiger partial charge in [0.25, 0.3) is 0 Å². The van der Waals surface area contributed by atoms with Crippen LogP contribution in [0.15, 0.2) is 36.4 Å². The van der Waals surface area contributed by atoms with E-state index in [0.29, 0.717) is 11.4 Å². The Morgan fingerprint density at radius 2 is 2.11 bits per heavy atom. The highest BCUT2D eigenvalue weighted by Crippen LogP contribution is 2.26. The van der Waals surface area contributed by atoms with E-state index >= 15 is 0 Å². The summed E-state index contributed by atoms with van der Waals surface area (Å²) in [4.78, 5) is 15.4. The van der Waals surface area contributed by atoms with Crippen molar-refractivity contribution >= 4 is 34.2 Å². The van der Waals surface area contributed by atoms with Crippen molar-refractivity contribution in [2.45, 2.75) is 0 Å². The molecule has 0 aliphatic carbocycles. The molecule has 0 aliphatic heterocycles. The molecule has 19 heavy (non-hydrogen) atoms. The third-order valence-electron chi connectivity index (χ3n) is 2.29. The topological polar surface area (TPSA) is 74.4 Å². The Kier molecular flexibility index (Phi) is 4.20. The number of methoxy groups -OCH3 is 1. The highest BCUT2D eigenvalue weighted by molar-refractivity contribution is 14.1. The lowest BCUT2D eigenvalue weighted by Gasteiger charge is -2.08. The molecule has 2 rings (SSSR count). The van der Waals surface area contributed by atoms with Gasteiger partial charge in [0.05, 0.1) is 12.8 Å². The maximum atomic E-state index is 11.4. The molecule has 1 aromatic heterocycles. The molecule has 5 nitrogen and oxygen atoms in total. The van der Waals surface area contributed by atoms with E-state index in [4.69, 9.17) is 10.5 Å². The molecule has 0 aliphatic rings. The molecule has 0 atom stereocenters. The number of hydrogen-bond acceptors (Lipinski definition) is 5. The van der Waals surface area contributed by atoms with E-state index in [2.05, 4.69) is 32.3 Å². The van der Waals surface area contributed by atoms with Crippen LogP contribution < -0.4 is 10.5 Å². The van der Waals surface area contributed by atoms with Gasteiger partial charge in [0.15, 0.2) is 5.69 Å². The Balaban J connectivity index is 2.31. The van der Waals surface area contributed by atoms with Gasteiger partial charge in [0, 0.05) is 3.57 Å². The minimum atomic E-state index is -0.535. The van der Waals surface area contributed by atoms with Gasteiger partial charge in [-0.15, -0.1) is 0 Å². The molecule has 1 aromatic carbocycles. The van der Waals surface area contributed by atoms with Gasteiger partial charge in [0.1, 0.15) is 5.75 Å². The Bertz CT molecular complexity index is 617. The third-order valence-corrected chi connectivity index (χ3v) is 2.97. The molecule has 0 unspecified atom stereocenters. The lowest BCUT2D eigenvalue weighted by atomic mass is 10.3.